The summed E-state index contributed by atoms with van der Waals surface area (Å²) >= 11 is 0. The fourth-order valence-electron chi connectivity index (χ4n) is 1.94. The van der Waals surface area contributed by atoms with Gasteiger partial charge in [0.05, 0.1) is 17.8 Å². The van der Waals surface area contributed by atoms with Crippen molar-refractivity contribution in [1.82, 2.24) is 5.32 Å². The molecule has 0 fully saturated rings. The first-order chi connectivity index (χ1) is 12.4. The molecule has 0 aromatic heterocycles. The van der Waals surface area contributed by atoms with Crippen molar-refractivity contribution >= 4 is 58.8 Å². The predicted octanol–water partition coefficient (Wildman–Crippen LogP) is 1.50. The number of carboxylic acid groups (broad SMARTS) is 2. The maximum Gasteiger partial charge on any atom is 0.339 e. The van der Waals surface area contributed by atoms with Gasteiger partial charge >= 0.3 is 11.9 Å². The minimum atomic E-state index is -1.28. The van der Waals surface area contributed by atoms with Crippen LogP contribution in [-0.2, 0) is 4.79 Å². The Bertz CT molecular complexity index is 870. The summed E-state index contributed by atoms with van der Waals surface area (Å²) in [6.45, 7) is 0.0301. The van der Waals surface area contributed by atoms with Gasteiger partial charge in [0, 0.05) is 41.7 Å². The van der Waals surface area contributed by atoms with Gasteiger partial charge in [0.25, 0.3) is 5.91 Å². The van der Waals surface area contributed by atoms with Gasteiger partial charge in [0.2, 0.25) is 0 Å². The zero-order valence-electron chi connectivity index (χ0n) is 14.9. The number of aromatic carboxylic acids is 1. The average Bonchev–Trinajstić information content (AvgIpc) is 2.60. The fraction of sp³-hybridized carbons (Fsp3) is 0.118. The Hall–Kier alpha value is -2.79. The molecule has 6 N–H and O–H groups in total. The van der Waals surface area contributed by atoms with Crippen LogP contribution in [0.3, 0.4) is 0 Å². The molecular formula is C17H17N3NaO7. The van der Waals surface area contributed by atoms with Crippen LogP contribution in [0.4, 0.5) is 11.4 Å². The van der Waals surface area contributed by atoms with Gasteiger partial charge in [-0.3, -0.25) is 9.59 Å². The molecule has 0 aliphatic heterocycles. The molecule has 11 heteroatoms. The molecule has 0 heterocycles. The van der Waals surface area contributed by atoms with Crippen LogP contribution in [0.5, 0.6) is 5.75 Å². The Labute approximate surface area is 181 Å². The number of hydrogen-bond acceptors (Lipinski definition) is 6. The van der Waals surface area contributed by atoms with E-state index in [1.165, 1.54) is 42.5 Å². The average molecular weight is 398 g/mol. The van der Waals surface area contributed by atoms with Crippen LogP contribution in [0.2, 0.25) is 0 Å². The van der Waals surface area contributed by atoms with Crippen LogP contribution in [0, 0.1) is 0 Å². The van der Waals surface area contributed by atoms with E-state index in [4.69, 9.17) is 10.2 Å². The van der Waals surface area contributed by atoms with Crippen molar-refractivity contribution in [2.24, 2.45) is 10.2 Å². The third-order valence-corrected chi connectivity index (χ3v) is 3.25. The number of carbonyl (C=O) groups excluding carboxylic acids is 1. The number of nitrogens with zero attached hydrogens (tertiary/aromatic N) is 2. The second kappa shape index (κ2) is 11.8. The van der Waals surface area contributed by atoms with Gasteiger partial charge in [-0.15, -0.1) is 0 Å². The standard InChI is InChI=1S/C17H15N3O6.Na.H2O/c21-14-6-5-12(9-13(14)17(25)26)20-19-11-3-1-10(2-4-11)16(24)18-8-7-15(22)23;;/h1-6,9,21H,7-8H2,(H,18,24)(H,22,23)(H,25,26);;1H2. The van der Waals surface area contributed by atoms with E-state index in [0.29, 0.717) is 11.3 Å². The Morgan fingerprint density at radius 1 is 0.929 bits per heavy atom. The maximum absolute atomic E-state index is 11.8. The summed E-state index contributed by atoms with van der Waals surface area (Å²) < 4.78 is 0. The molecular weight excluding hydrogens is 381 g/mol. The zero-order chi connectivity index (χ0) is 19.1. The molecule has 10 nitrogen and oxygen atoms in total. The third kappa shape index (κ3) is 7.45. The van der Waals surface area contributed by atoms with Gasteiger partial charge in [-0.2, -0.15) is 10.2 Å². The first kappa shape index (κ1) is 25.2. The number of carboxylic acids is 2. The molecule has 0 saturated heterocycles. The van der Waals surface area contributed by atoms with Crippen LogP contribution in [0.15, 0.2) is 52.7 Å². The van der Waals surface area contributed by atoms with E-state index in [1.54, 1.807) is 0 Å². The number of aliphatic carboxylic acids is 1. The summed E-state index contributed by atoms with van der Waals surface area (Å²) in [4.78, 5) is 33.2. The number of rotatable bonds is 7. The third-order valence-electron chi connectivity index (χ3n) is 3.25. The molecule has 2 aromatic rings. The number of phenols is 1. The van der Waals surface area contributed by atoms with Crippen molar-refractivity contribution in [3.63, 3.8) is 0 Å². The van der Waals surface area contributed by atoms with Crippen LogP contribution in [0.25, 0.3) is 0 Å². The molecule has 1 amide bonds. The number of amides is 1. The minimum Gasteiger partial charge on any atom is -0.507 e. The SMILES string of the molecule is O.O=C(O)CCNC(=O)c1ccc(N=Nc2ccc(O)c(C(=O)O)c2)cc1.[Na]. The predicted molar refractivity (Wildman–Crippen MR) is 99.6 cm³/mol. The van der Waals surface area contributed by atoms with E-state index >= 15 is 0 Å². The monoisotopic (exact) mass is 398 g/mol. The smallest absolute Gasteiger partial charge is 0.339 e. The largest absolute Gasteiger partial charge is 0.507 e. The van der Waals surface area contributed by atoms with E-state index in [1.807, 2.05) is 0 Å². The second-order valence-electron chi connectivity index (χ2n) is 5.15. The van der Waals surface area contributed by atoms with E-state index < -0.39 is 17.8 Å². The molecule has 0 saturated carbocycles. The summed E-state index contributed by atoms with van der Waals surface area (Å²) in [5.41, 5.74) is 0.731. The molecule has 1 radical (unpaired) electrons. The number of hydrogen-bond donors (Lipinski definition) is 4. The Kier molecular flexibility index (Phi) is 10.6. The van der Waals surface area contributed by atoms with E-state index in [0.717, 1.165) is 0 Å². The number of nitrogens with one attached hydrogen (secondary N) is 1. The first-order valence-electron chi connectivity index (χ1n) is 7.45. The van der Waals surface area contributed by atoms with E-state index in [-0.39, 0.29) is 65.0 Å². The van der Waals surface area contributed by atoms with Gasteiger partial charge in [0.15, 0.2) is 0 Å². The van der Waals surface area contributed by atoms with Crippen molar-refractivity contribution < 1.29 is 35.2 Å². The summed E-state index contributed by atoms with van der Waals surface area (Å²) in [6.07, 6.45) is -0.164. The Morgan fingerprint density at radius 2 is 1.50 bits per heavy atom. The second-order valence-corrected chi connectivity index (χ2v) is 5.15. The molecule has 0 aliphatic carbocycles. The fourth-order valence-corrected chi connectivity index (χ4v) is 1.94. The molecule has 28 heavy (non-hydrogen) atoms. The van der Waals surface area contributed by atoms with Crippen molar-refractivity contribution in [3.05, 3.63) is 53.6 Å². The molecule has 2 rings (SSSR count). The van der Waals surface area contributed by atoms with Crippen LogP contribution >= 0.6 is 0 Å². The molecule has 0 spiro atoms. The first-order valence-corrected chi connectivity index (χ1v) is 7.45. The zero-order valence-corrected chi connectivity index (χ0v) is 16.9. The van der Waals surface area contributed by atoms with Gasteiger partial charge < -0.3 is 26.1 Å². The number of azo groups is 1. The summed E-state index contributed by atoms with van der Waals surface area (Å²) in [6, 6.07) is 9.89. The van der Waals surface area contributed by atoms with Gasteiger partial charge in [-0.25, -0.2) is 4.79 Å². The normalized spacial score (nSPS) is 9.86. The van der Waals surface area contributed by atoms with Crippen LogP contribution in [0.1, 0.15) is 27.1 Å². The summed E-state index contributed by atoms with van der Waals surface area (Å²) in [5, 5.41) is 37.2. The van der Waals surface area contributed by atoms with E-state index in [9.17, 15) is 19.5 Å². The van der Waals surface area contributed by atoms with Crippen LogP contribution in [-0.4, -0.2) is 74.7 Å². The maximum atomic E-state index is 11.8. The minimum absolute atomic E-state index is 0. The number of carbonyl (C=O) groups is 3. The van der Waals surface area contributed by atoms with Crippen molar-refractivity contribution in [1.29, 1.82) is 0 Å². The van der Waals surface area contributed by atoms with Gasteiger partial charge in [-0.05, 0) is 42.5 Å². The van der Waals surface area contributed by atoms with E-state index in [2.05, 4.69) is 15.5 Å². The van der Waals surface area contributed by atoms with Gasteiger partial charge in [0.1, 0.15) is 11.3 Å². The van der Waals surface area contributed by atoms with Crippen LogP contribution < -0.4 is 5.32 Å². The Morgan fingerprint density at radius 3 is 2.07 bits per heavy atom. The van der Waals surface area contributed by atoms with Crippen molar-refractivity contribution in [2.75, 3.05) is 6.54 Å². The molecule has 2 aromatic carbocycles. The molecule has 0 aliphatic rings. The summed E-state index contributed by atoms with van der Waals surface area (Å²) in [7, 11) is 0. The molecule has 0 atom stereocenters. The van der Waals surface area contributed by atoms with Crippen molar-refractivity contribution in [3.8, 4) is 5.75 Å². The summed E-state index contributed by atoms with van der Waals surface area (Å²) in [5.74, 6) is -3.05. The molecule has 0 unspecified atom stereocenters. The molecule has 0 bridgehead atoms. The quantitative estimate of drug-likeness (QED) is 0.405. The van der Waals surface area contributed by atoms with Gasteiger partial charge in [-0.1, -0.05) is 0 Å². The Balaban J connectivity index is 0.00000364. The molecule has 143 valence electrons. The number of aromatic hydroxyl groups is 1. The number of benzene rings is 2. The van der Waals surface area contributed by atoms with Crippen molar-refractivity contribution in [2.45, 2.75) is 6.42 Å². The topological polar surface area (TPSA) is 180 Å².